The summed E-state index contributed by atoms with van der Waals surface area (Å²) in [6, 6.07) is 5.67. The maximum absolute atomic E-state index is 13.7. The number of unbranched alkanes of at least 4 members (excludes halogenated alkanes) is 1. The lowest BCUT2D eigenvalue weighted by atomic mass is 9.94. The molecule has 0 amide bonds. The summed E-state index contributed by atoms with van der Waals surface area (Å²) in [7, 11) is 0. The maximum Gasteiger partial charge on any atom is 0.129 e. The maximum atomic E-state index is 13.7. The second-order valence-corrected chi connectivity index (χ2v) is 4.02. The summed E-state index contributed by atoms with van der Waals surface area (Å²) in [6.45, 7) is 14.1. The highest BCUT2D eigenvalue weighted by Crippen LogP contribution is 2.25. The zero-order chi connectivity index (χ0) is 14.6. The minimum Gasteiger partial charge on any atom is -0.206 e. The molecule has 0 spiro atoms. The summed E-state index contributed by atoms with van der Waals surface area (Å²) in [6.07, 6.45) is 3.43. The molecule has 0 saturated carbocycles. The van der Waals surface area contributed by atoms with Crippen LogP contribution in [0.15, 0.2) is 18.2 Å². The Morgan fingerprint density at radius 3 is 2.17 bits per heavy atom. The molecule has 0 saturated heterocycles. The Morgan fingerprint density at radius 1 is 1.11 bits per heavy atom. The summed E-state index contributed by atoms with van der Waals surface area (Å²) >= 11 is 0. The molecule has 1 atom stereocenters. The zero-order valence-corrected chi connectivity index (χ0v) is 13.3. The van der Waals surface area contributed by atoms with Gasteiger partial charge in [0.05, 0.1) is 0 Å². The zero-order valence-electron chi connectivity index (χ0n) is 13.3. The van der Waals surface area contributed by atoms with Crippen molar-refractivity contribution < 1.29 is 4.39 Å². The number of benzene rings is 1. The number of rotatable bonds is 4. The highest BCUT2D eigenvalue weighted by Gasteiger charge is 2.11. The van der Waals surface area contributed by atoms with Crippen molar-refractivity contribution in [2.24, 2.45) is 0 Å². The van der Waals surface area contributed by atoms with Crippen LogP contribution in [0, 0.1) is 12.7 Å². The largest absolute Gasteiger partial charge is 0.206 e. The molecule has 0 aliphatic rings. The molecule has 0 N–H and O–H groups in total. The minimum absolute atomic E-state index is 0.0175. The summed E-state index contributed by atoms with van der Waals surface area (Å²) < 4.78 is 13.7. The van der Waals surface area contributed by atoms with E-state index >= 15 is 0 Å². The van der Waals surface area contributed by atoms with E-state index in [4.69, 9.17) is 0 Å². The van der Waals surface area contributed by atoms with Gasteiger partial charge in [-0.15, -0.1) is 0 Å². The van der Waals surface area contributed by atoms with Crippen LogP contribution < -0.4 is 0 Å². The number of halogens is 1. The summed E-state index contributed by atoms with van der Waals surface area (Å²) in [5, 5.41) is 0. The highest BCUT2D eigenvalue weighted by atomic mass is 19.1. The van der Waals surface area contributed by atoms with Crippen LogP contribution in [0.2, 0.25) is 0 Å². The van der Waals surface area contributed by atoms with Crippen LogP contribution in [0.5, 0.6) is 0 Å². The molecule has 0 aliphatic carbocycles. The summed E-state index contributed by atoms with van der Waals surface area (Å²) in [5.74, 6) is 0.325. The summed E-state index contributed by atoms with van der Waals surface area (Å²) in [4.78, 5) is 0. The van der Waals surface area contributed by atoms with Gasteiger partial charge in [0.15, 0.2) is 0 Å². The molecule has 0 aromatic heterocycles. The van der Waals surface area contributed by atoms with E-state index < -0.39 is 0 Å². The van der Waals surface area contributed by atoms with Gasteiger partial charge in [-0.05, 0) is 30.4 Å². The third-order valence-electron chi connectivity index (χ3n) is 2.74. The average molecular weight is 254 g/mol. The second kappa shape index (κ2) is 12.6. The Morgan fingerprint density at radius 2 is 1.67 bits per heavy atom. The topological polar surface area (TPSA) is 0 Å². The lowest BCUT2D eigenvalue weighted by Crippen LogP contribution is -1.99. The van der Waals surface area contributed by atoms with Crippen LogP contribution in [0.1, 0.15) is 77.8 Å². The first kappa shape index (κ1) is 19.5. The monoisotopic (exact) mass is 254 g/mol. The van der Waals surface area contributed by atoms with Gasteiger partial charge < -0.3 is 0 Å². The fourth-order valence-corrected chi connectivity index (χ4v) is 1.72. The van der Waals surface area contributed by atoms with Gasteiger partial charge in [0.1, 0.15) is 5.82 Å². The third kappa shape index (κ3) is 6.78. The van der Waals surface area contributed by atoms with Gasteiger partial charge in [-0.25, -0.2) is 4.39 Å². The Kier molecular flexibility index (Phi) is 13.6. The van der Waals surface area contributed by atoms with Gasteiger partial charge in [-0.1, -0.05) is 72.6 Å². The number of hydrogen-bond donors (Lipinski definition) is 0. The van der Waals surface area contributed by atoms with Crippen molar-refractivity contribution in [3.05, 3.63) is 35.1 Å². The van der Waals surface area contributed by atoms with Crippen LogP contribution in [-0.4, -0.2) is 0 Å². The van der Waals surface area contributed by atoms with Crippen LogP contribution in [-0.2, 0) is 0 Å². The normalized spacial score (nSPS) is 10.7. The molecule has 1 rings (SSSR count). The van der Waals surface area contributed by atoms with Gasteiger partial charge >= 0.3 is 0 Å². The molecule has 0 aliphatic heterocycles. The summed E-state index contributed by atoms with van der Waals surface area (Å²) in [5.41, 5.74) is 1.63. The molecule has 0 fully saturated rings. The van der Waals surface area contributed by atoms with Crippen molar-refractivity contribution in [3.8, 4) is 0 Å². The first-order valence-electron chi connectivity index (χ1n) is 7.41. The molecule has 1 aromatic rings. The van der Waals surface area contributed by atoms with Gasteiger partial charge in [0, 0.05) is 0 Å². The fraction of sp³-hybridized carbons (Fsp3) is 0.647. The van der Waals surface area contributed by atoms with Crippen LogP contribution in [0.4, 0.5) is 4.39 Å². The van der Waals surface area contributed by atoms with Gasteiger partial charge in [0.2, 0.25) is 0 Å². The SMILES string of the molecule is CC.CC.CCCCC(C)c1cccc(C)c1F. The average Bonchev–Trinajstić information content (AvgIpc) is 2.43. The quantitative estimate of drug-likeness (QED) is 0.577. The smallest absolute Gasteiger partial charge is 0.129 e. The molecule has 0 bridgehead atoms. The fourth-order valence-electron chi connectivity index (χ4n) is 1.72. The first-order chi connectivity index (χ1) is 8.66. The van der Waals surface area contributed by atoms with Crippen LogP contribution in [0.25, 0.3) is 0 Å². The van der Waals surface area contributed by atoms with Crippen molar-refractivity contribution >= 4 is 0 Å². The van der Waals surface area contributed by atoms with E-state index in [0.29, 0.717) is 5.92 Å². The lowest BCUT2D eigenvalue weighted by Gasteiger charge is -2.13. The second-order valence-electron chi connectivity index (χ2n) is 4.02. The van der Waals surface area contributed by atoms with Crippen molar-refractivity contribution in [1.82, 2.24) is 0 Å². The Labute approximate surface area is 114 Å². The van der Waals surface area contributed by atoms with Crippen molar-refractivity contribution in [3.63, 3.8) is 0 Å². The van der Waals surface area contributed by atoms with E-state index in [9.17, 15) is 4.39 Å². The Bertz CT molecular complexity index is 292. The molecular formula is C17H31F. The highest BCUT2D eigenvalue weighted by molar-refractivity contribution is 5.27. The van der Waals surface area contributed by atoms with Crippen molar-refractivity contribution in [2.45, 2.75) is 73.6 Å². The molecule has 106 valence electrons. The van der Waals surface area contributed by atoms with Gasteiger partial charge in [-0.2, -0.15) is 0 Å². The standard InChI is InChI=1S/C13H19F.2C2H6/c1-4-5-7-10(2)12-9-6-8-11(3)13(12)14;2*1-2/h6,8-10H,4-5,7H2,1-3H3;2*1-2H3. The molecule has 0 nitrogen and oxygen atoms in total. The predicted octanol–water partition coefficient (Wildman–Crippen LogP) is 6.48. The molecule has 18 heavy (non-hydrogen) atoms. The third-order valence-corrected chi connectivity index (χ3v) is 2.74. The molecule has 1 unspecified atom stereocenters. The van der Waals surface area contributed by atoms with E-state index in [1.165, 1.54) is 12.8 Å². The Hall–Kier alpha value is -0.850. The van der Waals surface area contributed by atoms with E-state index in [1.807, 2.05) is 52.8 Å². The lowest BCUT2D eigenvalue weighted by molar-refractivity contribution is 0.554. The van der Waals surface area contributed by atoms with Crippen LogP contribution in [0.3, 0.4) is 0 Å². The van der Waals surface area contributed by atoms with Gasteiger partial charge in [0.25, 0.3) is 0 Å². The van der Waals surface area contributed by atoms with E-state index in [1.54, 1.807) is 0 Å². The first-order valence-corrected chi connectivity index (χ1v) is 7.41. The molecular weight excluding hydrogens is 223 g/mol. The molecule has 1 aromatic carbocycles. The molecule has 0 heterocycles. The molecule has 0 radical (unpaired) electrons. The Balaban J connectivity index is 0. The van der Waals surface area contributed by atoms with Crippen molar-refractivity contribution in [1.29, 1.82) is 0 Å². The van der Waals surface area contributed by atoms with Gasteiger partial charge in [-0.3, -0.25) is 0 Å². The van der Waals surface area contributed by atoms with Crippen LogP contribution >= 0.6 is 0 Å². The van der Waals surface area contributed by atoms with E-state index in [0.717, 1.165) is 17.5 Å². The predicted molar refractivity (Wildman–Crippen MR) is 81.8 cm³/mol. The van der Waals surface area contributed by atoms with E-state index in [-0.39, 0.29) is 5.82 Å². The molecule has 1 heteroatoms. The number of aryl methyl sites for hydroxylation is 1. The van der Waals surface area contributed by atoms with E-state index in [2.05, 4.69) is 13.8 Å². The minimum atomic E-state index is -0.0175. The van der Waals surface area contributed by atoms with Crippen molar-refractivity contribution in [2.75, 3.05) is 0 Å². The number of hydrogen-bond acceptors (Lipinski definition) is 0.